The molecular weight excluding hydrogens is 256 g/mol. The van der Waals surface area contributed by atoms with Gasteiger partial charge in [-0.2, -0.15) is 0 Å². The Balaban J connectivity index is 2.85. The van der Waals surface area contributed by atoms with Crippen molar-refractivity contribution in [3.05, 3.63) is 20.3 Å². The number of rotatable bonds is 6. The molecule has 0 aliphatic heterocycles. The van der Waals surface area contributed by atoms with Crippen LogP contribution in [0.2, 0.25) is 0 Å². The quantitative estimate of drug-likeness (QED) is 0.749. The second-order valence-corrected chi connectivity index (χ2v) is 6.49. The van der Waals surface area contributed by atoms with Gasteiger partial charge in [0.25, 0.3) is 0 Å². The lowest BCUT2D eigenvalue weighted by Crippen LogP contribution is -2.38. The van der Waals surface area contributed by atoms with Gasteiger partial charge in [-0.05, 0) is 18.5 Å². The van der Waals surface area contributed by atoms with Gasteiger partial charge < -0.3 is 9.80 Å². The lowest BCUT2D eigenvalue weighted by Gasteiger charge is -2.32. The average Bonchev–Trinajstić information content (AvgIpc) is 2.33. The molecule has 1 aromatic carbocycles. The highest BCUT2D eigenvalue weighted by molar-refractivity contribution is 7.71. The SMILES string of the molecule is CCN(CC)CCN(C)c1c(C(C)(C)C)c(=O)c1=S. The van der Waals surface area contributed by atoms with E-state index in [9.17, 15) is 4.79 Å². The molecule has 0 unspecified atom stereocenters. The van der Waals surface area contributed by atoms with Crippen molar-refractivity contribution in [2.24, 2.45) is 0 Å². The Bertz CT molecular complexity index is 491. The van der Waals surface area contributed by atoms with Gasteiger partial charge in [-0.1, -0.05) is 46.8 Å². The van der Waals surface area contributed by atoms with Crippen LogP contribution in [0.15, 0.2) is 4.79 Å². The predicted molar refractivity (Wildman–Crippen MR) is 85.7 cm³/mol. The fraction of sp³-hybridized carbons (Fsp3) is 0.733. The topological polar surface area (TPSA) is 23.6 Å². The number of anilines is 1. The number of nitrogens with zero attached hydrogens (tertiary/aromatic N) is 2. The second-order valence-electron chi connectivity index (χ2n) is 6.08. The molecule has 0 aromatic heterocycles. The lowest BCUT2D eigenvalue weighted by molar-refractivity contribution is 0.311. The van der Waals surface area contributed by atoms with Crippen LogP contribution in [0.4, 0.5) is 5.69 Å². The molecular formula is C15H26N2OS. The average molecular weight is 282 g/mol. The molecule has 0 saturated carbocycles. The zero-order chi connectivity index (χ0) is 14.8. The Morgan fingerprint density at radius 2 is 1.63 bits per heavy atom. The number of likely N-dealkylation sites (N-methyl/N-ethyl adjacent to an activating group) is 2. The molecule has 3 nitrogen and oxygen atoms in total. The summed E-state index contributed by atoms with van der Waals surface area (Å²) in [6.45, 7) is 14.6. The highest BCUT2D eigenvalue weighted by Gasteiger charge is 2.29. The maximum atomic E-state index is 11.9. The lowest BCUT2D eigenvalue weighted by atomic mass is 9.82. The minimum absolute atomic E-state index is 0.0622. The molecule has 0 spiro atoms. The number of hydrogen-bond donors (Lipinski definition) is 0. The molecule has 0 aliphatic carbocycles. The molecule has 0 radical (unpaired) electrons. The molecule has 0 N–H and O–H groups in total. The van der Waals surface area contributed by atoms with E-state index in [4.69, 9.17) is 12.2 Å². The molecule has 1 aromatic rings. The smallest absolute Gasteiger partial charge is 0.204 e. The van der Waals surface area contributed by atoms with Gasteiger partial charge in [0.05, 0.1) is 5.69 Å². The summed E-state index contributed by atoms with van der Waals surface area (Å²) < 4.78 is 0.506. The van der Waals surface area contributed by atoms with Crippen molar-refractivity contribution in [2.45, 2.75) is 40.0 Å². The van der Waals surface area contributed by atoms with Gasteiger partial charge in [0, 0.05) is 25.7 Å². The van der Waals surface area contributed by atoms with Gasteiger partial charge in [0.2, 0.25) is 5.43 Å². The standard InChI is InChI=1S/C15H26N2OS/c1-7-17(8-2)10-9-16(6)12-11(15(3,4)5)13(18)14(12)19/h7-10H2,1-6H3. The van der Waals surface area contributed by atoms with Crippen molar-refractivity contribution in [1.82, 2.24) is 4.90 Å². The van der Waals surface area contributed by atoms with Crippen molar-refractivity contribution >= 4 is 17.9 Å². The summed E-state index contributed by atoms with van der Waals surface area (Å²) in [4.78, 5) is 16.5. The van der Waals surface area contributed by atoms with Crippen LogP contribution in [0.3, 0.4) is 0 Å². The van der Waals surface area contributed by atoms with E-state index < -0.39 is 0 Å². The highest BCUT2D eigenvalue weighted by atomic mass is 32.1. The van der Waals surface area contributed by atoms with Gasteiger partial charge in [0.1, 0.15) is 4.51 Å². The summed E-state index contributed by atoms with van der Waals surface area (Å²) in [5.74, 6) is 0. The summed E-state index contributed by atoms with van der Waals surface area (Å²) in [5.41, 5.74) is 1.81. The summed E-state index contributed by atoms with van der Waals surface area (Å²) in [7, 11) is 2.03. The Morgan fingerprint density at radius 1 is 1.11 bits per heavy atom. The fourth-order valence-corrected chi connectivity index (χ4v) is 2.74. The molecule has 0 amide bonds. The van der Waals surface area contributed by atoms with Crippen molar-refractivity contribution in [3.8, 4) is 0 Å². The summed E-state index contributed by atoms with van der Waals surface area (Å²) in [6.07, 6.45) is 0. The van der Waals surface area contributed by atoms with Gasteiger partial charge >= 0.3 is 0 Å². The van der Waals surface area contributed by atoms with Crippen LogP contribution in [-0.4, -0.2) is 38.1 Å². The summed E-state index contributed by atoms with van der Waals surface area (Å²) >= 11 is 5.22. The predicted octanol–water partition coefficient (Wildman–Crippen LogP) is 2.73. The third kappa shape index (κ3) is 3.42. The van der Waals surface area contributed by atoms with Gasteiger partial charge in [-0.25, -0.2) is 0 Å². The van der Waals surface area contributed by atoms with Crippen LogP contribution < -0.4 is 10.3 Å². The van der Waals surface area contributed by atoms with Crippen LogP contribution in [0, 0.1) is 4.51 Å². The van der Waals surface area contributed by atoms with Crippen LogP contribution in [0.5, 0.6) is 0 Å². The van der Waals surface area contributed by atoms with Gasteiger partial charge in [-0.3, -0.25) is 4.79 Å². The molecule has 1 rings (SSSR count). The van der Waals surface area contributed by atoms with E-state index in [0.717, 1.165) is 37.4 Å². The van der Waals surface area contributed by atoms with Crippen molar-refractivity contribution in [2.75, 3.05) is 38.1 Å². The third-order valence-corrected chi connectivity index (χ3v) is 4.04. The molecule has 0 aliphatic rings. The molecule has 19 heavy (non-hydrogen) atoms. The van der Waals surface area contributed by atoms with E-state index in [0.29, 0.717) is 4.51 Å². The highest BCUT2D eigenvalue weighted by Crippen LogP contribution is 2.32. The first kappa shape index (κ1) is 16.3. The van der Waals surface area contributed by atoms with Gasteiger partial charge in [-0.15, -0.1) is 0 Å². The van der Waals surface area contributed by atoms with Crippen molar-refractivity contribution in [1.29, 1.82) is 0 Å². The fourth-order valence-electron chi connectivity index (χ4n) is 2.38. The number of hydrogen-bond acceptors (Lipinski definition) is 4. The van der Waals surface area contributed by atoms with E-state index in [-0.39, 0.29) is 10.8 Å². The molecule has 4 heteroatoms. The van der Waals surface area contributed by atoms with E-state index in [2.05, 4.69) is 44.4 Å². The van der Waals surface area contributed by atoms with E-state index >= 15 is 0 Å². The summed E-state index contributed by atoms with van der Waals surface area (Å²) in [5, 5.41) is 0. The Hall–Kier alpha value is -0.740. The zero-order valence-corrected chi connectivity index (χ0v) is 13.9. The monoisotopic (exact) mass is 282 g/mol. The maximum absolute atomic E-state index is 11.9. The summed E-state index contributed by atoms with van der Waals surface area (Å²) in [6, 6.07) is 0. The first-order chi connectivity index (χ1) is 8.73. The van der Waals surface area contributed by atoms with Crippen molar-refractivity contribution in [3.63, 3.8) is 0 Å². The molecule has 0 atom stereocenters. The van der Waals surface area contributed by atoms with E-state index in [1.54, 1.807) is 0 Å². The van der Waals surface area contributed by atoms with E-state index in [1.165, 1.54) is 0 Å². The minimum Gasteiger partial charge on any atom is -0.372 e. The normalized spacial score (nSPS) is 12.4. The zero-order valence-electron chi connectivity index (χ0n) is 13.0. The Kier molecular flexibility index (Phi) is 5.27. The van der Waals surface area contributed by atoms with Crippen LogP contribution >= 0.6 is 12.2 Å². The van der Waals surface area contributed by atoms with Crippen LogP contribution in [0.1, 0.15) is 40.2 Å². The van der Waals surface area contributed by atoms with Crippen LogP contribution in [-0.2, 0) is 5.41 Å². The molecule has 0 saturated heterocycles. The van der Waals surface area contributed by atoms with Crippen molar-refractivity contribution < 1.29 is 0 Å². The first-order valence-corrected chi connectivity index (χ1v) is 7.42. The molecule has 0 heterocycles. The third-order valence-electron chi connectivity index (χ3n) is 3.66. The Morgan fingerprint density at radius 3 is 2.05 bits per heavy atom. The van der Waals surface area contributed by atoms with Crippen LogP contribution in [0.25, 0.3) is 0 Å². The minimum atomic E-state index is -0.127. The molecule has 0 bridgehead atoms. The molecule has 108 valence electrons. The van der Waals surface area contributed by atoms with Gasteiger partial charge in [0.15, 0.2) is 0 Å². The Labute approximate surface area is 121 Å². The second kappa shape index (κ2) is 6.14. The van der Waals surface area contributed by atoms with E-state index in [1.807, 2.05) is 7.05 Å². The molecule has 0 fully saturated rings. The largest absolute Gasteiger partial charge is 0.372 e. The first-order valence-electron chi connectivity index (χ1n) is 7.01. The maximum Gasteiger partial charge on any atom is 0.204 e.